The average molecular weight is 1440 g/mol. The Morgan fingerprint density at radius 3 is 0.694 bits per heavy atom. The maximum Gasteiger partial charge on any atom is 0.472 e. The minimum atomic E-state index is -4.96. The molecule has 0 radical (unpaired) electrons. The van der Waals surface area contributed by atoms with Gasteiger partial charge in [0.25, 0.3) is 0 Å². The summed E-state index contributed by atoms with van der Waals surface area (Å²) in [5, 5.41) is 10.6. The lowest BCUT2D eigenvalue weighted by atomic mass is 10.0. The van der Waals surface area contributed by atoms with Crippen molar-refractivity contribution in [2.24, 2.45) is 5.92 Å². The first-order valence-corrected chi connectivity index (χ1v) is 44.1. The number of rotatable bonds is 79. The second kappa shape index (κ2) is 72.0. The summed E-state index contributed by atoms with van der Waals surface area (Å²) in [5.74, 6) is -1.39. The van der Waals surface area contributed by atoms with Gasteiger partial charge in [0.1, 0.15) is 19.3 Å². The maximum absolute atomic E-state index is 13.1. The molecule has 0 spiro atoms. The van der Waals surface area contributed by atoms with Gasteiger partial charge in [-0.25, -0.2) is 9.13 Å². The van der Waals surface area contributed by atoms with Gasteiger partial charge in [-0.1, -0.05) is 369 Å². The van der Waals surface area contributed by atoms with E-state index in [9.17, 15) is 43.2 Å². The van der Waals surface area contributed by atoms with E-state index in [1.54, 1.807) is 0 Å². The molecule has 0 aromatic rings. The molecule has 2 unspecified atom stereocenters. The summed E-state index contributed by atoms with van der Waals surface area (Å²) in [7, 11) is -9.91. The Balaban J connectivity index is 5.20. The number of phosphoric ester groups is 2. The van der Waals surface area contributed by atoms with Crippen LogP contribution in [-0.2, 0) is 65.4 Å². The topological polar surface area (TPSA) is 237 Å². The van der Waals surface area contributed by atoms with Crippen LogP contribution in [0.4, 0.5) is 0 Å². The Hall–Kier alpha value is -1.94. The van der Waals surface area contributed by atoms with Crippen LogP contribution in [0.5, 0.6) is 0 Å². The van der Waals surface area contributed by atoms with Crippen LogP contribution in [-0.4, -0.2) is 96.7 Å². The van der Waals surface area contributed by atoms with Crippen molar-refractivity contribution in [2.75, 3.05) is 39.6 Å². The summed E-state index contributed by atoms with van der Waals surface area (Å²) >= 11 is 0. The zero-order valence-corrected chi connectivity index (χ0v) is 65.7. The smallest absolute Gasteiger partial charge is 0.462 e. The number of aliphatic hydroxyl groups excluding tert-OH is 1. The molecule has 5 atom stereocenters. The van der Waals surface area contributed by atoms with Crippen molar-refractivity contribution in [2.45, 2.75) is 438 Å². The lowest BCUT2D eigenvalue weighted by molar-refractivity contribution is -0.161. The Bertz CT molecular complexity index is 1870. The van der Waals surface area contributed by atoms with E-state index in [0.717, 1.165) is 95.8 Å². The molecule has 0 amide bonds. The second-order valence-corrected chi connectivity index (χ2v) is 31.8. The molecule has 19 heteroatoms. The van der Waals surface area contributed by atoms with Gasteiger partial charge in [-0.2, -0.15) is 0 Å². The van der Waals surface area contributed by atoms with Crippen molar-refractivity contribution in [1.82, 2.24) is 0 Å². The minimum Gasteiger partial charge on any atom is -0.462 e. The Morgan fingerprint density at radius 2 is 0.469 bits per heavy atom. The van der Waals surface area contributed by atoms with E-state index in [1.165, 1.54) is 244 Å². The normalized spacial score (nSPS) is 13.9. The second-order valence-electron chi connectivity index (χ2n) is 28.9. The number of unbranched alkanes of at least 4 members (excludes halogenated alkanes) is 51. The molecule has 0 aromatic heterocycles. The fourth-order valence-electron chi connectivity index (χ4n) is 12.2. The predicted molar refractivity (Wildman–Crippen MR) is 400 cm³/mol. The summed E-state index contributed by atoms with van der Waals surface area (Å²) in [5.41, 5.74) is 0. The van der Waals surface area contributed by atoms with Gasteiger partial charge >= 0.3 is 39.5 Å². The fraction of sp³-hybridized carbons (Fsp3) is 0.949. The molecule has 0 aliphatic carbocycles. The molecule has 17 nitrogen and oxygen atoms in total. The van der Waals surface area contributed by atoms with E-state index in [0.29, 0.717) is 25.7 Å². The highest BCUT2D eigenvalue weighted by molar-refractivity contribution is 7.47. The number of hydrogen-bond acceptors (Lipinski definition) is 15. The van der Waals surface area contributed by atoms with Gasteiger partial charge in [0.05, 0.1) is 26.4 Å². The van der Waals surface area contributed by atoms with Crippen LogP contribution in [0.15, 0.2) is 0 Å². The van der Waals surface area contributed by atoms with Gasteiger partial charge in [0, 0.05) is 25.7 Å². The fourth-order valence-corrected chi connectivity index (χ4v) is 13.8. The average Bonchev–Trinajstić information content (AvgIpc) is 0.933. The van der Waals surface area contributed by atoms with E-state index in [2.05, 4.69) is 34.6 Å². The summed E-state index contributed by atoms with van der Waals surface area (Å²) in [6, 6.07) is 0. The van der Waals surface area contributed by atoms with E-state index in [1.807, 2.05) is 0 Å². The number of carbonyl (C=O) groups excluding carboxylic acids is 4. The van der Waals surface area contributed by atoms with Crippen molar-refractivity contribution in [1.29, 1.82) is 0 Å². The SMILES string of the molecule is CCCCCCCCCCCCCCCCCCCCCCCC(=O)O[C@H](COC(=O)CCCCCCCCCCCCCCCCCC)COP(=O)(O)OC[C@@H](O)COP(=O)(O)OC[C@@H](COC(=O)CCCCCCCCCCCC)OC(=O)CCCCCCCCCCC(C)C. The maximum atomic E-state index is 13.1. The molecule has 0 heterocycles. The highest BCUT2D eigenvalue weighted by Gasteiger charge is 2.30. The van der Waals surface area contributed by atoms with Crippen LogP contribution in [0.2, 0.25) is 0 Å². The Kier molecular flexibility index (Phi) is 70.6. The quantitative estimate of drug-likeness (QED) is 0.0222. The zero-order valence-electron chi connectivity index (χ0n) is 63.9. The lowest BCUT2D eigenvalue weighted by Crippen LogP contribution is -2.30. The van der Waals surface area contributed by atoms with E-state index in [4.69, 9.17) is 37.0 Å². The summed E-state index contributed by atoms with van der Waals surface area (Å²) < 4.78 is 68.6. The molecular formula is C79H154O17P2. The largest absolute Gasteiger partial charge is 0.472 e. The molecule has 0 rings (SSSR count). The summed E-state index contributed by atoms with van der Waals surface area (Å²) in [6.45, 7) is 7.26. The minimum absolute atomic E-state index is 0.105. The number of hydrogen-bond donors (Lipinski definition) is 3. The molecule has 98 heavy (non-hydrogen) atoms. The van der Waals surface area contributed by atoms with Crippen LogP contribution in [0, 0.1) is 5.92 Å². The molecular weight excluding hydrogens is 1280 g/mol. The van der Waals surface area contributed by atoms with Gasteiger partial charge in [0.15, 0.2) is 12.2 Å². The van der Waals surface area contributed by atoms with Crippen molar-refractivity contribution in [3.63, 3.8) is 0 Å². The standard InChI is InChI=1S/C79H154O17P2/c1-6-9-12-15-18-21-24-26-28-30-31-32-33-34-36-38-40-43-49-54-59-64-78(83)95-74(68-90-77(82)63-58-53-48-42-39-37-35-29-27-25-22-19-16-13-10-7-2)70-93-97(85,86)91-66-73(80)67-92-98(87,88)94-71-75(69-89-76(81)62-57-52-47-41-23-20-17-14-11-8-3)96-79(84)65-60-55-50-45-44-46-51-56-61-72(4)5/h72-75,80H,6-71H2,1-5H3,(H,85,86)(H,87,88)/t73-,74-,75-/m1/s1. The number of esters is 4. The molecule has 0 aromatic carbocycles. The summed E-state index contributed by atoms with van der Waals surface area (Å²) in [6.07, 6.45) is 62.6. The highest BCUT2D eigenvalue weighted by atomic mass is 31.2. The Morgan fingerprint density at radius 1 is 0.276 bits per heavy atom. The molecule has 0 fully saturated rings. The zero-order chi connectivity index (χ0) is 71.9. The predicted octanol–water partition coefficient (Wildman–Crippen LogP) is 23.6. The van der Waals surface area contributed by atoms with Gasteiger partial charge in [-0.3, -0.25) is 37.3 Å². The van der Waals surface area contributed by atoms with Crippen molar-refractivity contribution >= 4 is 39.5 Å². The highest BCUT2D eigenvalue weighted by Crippen LogP contribution is 2.45. The van der Waals surface area contributed by atoms with Crippen molar-refractivity contribution in [3.8, 4) is 0 Å². The van der Waals surface area contributed by atoms with Crippen LogP contribution in [0.3, 0.4) is 0 Å². The van der Waals surface area contributed by atoms with Gasteiger partial charge in [0.2, 0.25) is 0 Å². The van der Waals surface area contributed by atoms with Crippen LogP contribution >= 0.6 is 15.6 Å². The first-order valence-electron chi connectivity index (χ1n) is 41.1. The van der Waals surface area contributed by atoms with Gasteiger partial charge < -0.3 is 33.8 Å². The third-order valence-electron chi connectivity index (χ3n) is 18.5. The van der Waals surface area contributed by atoms with Gasteiger partial charge in [-0.05, 0) is 31.6 Å². The molecule has 0 bridgehead atoms. The lowest BCUT2D eigenvalue weighted by Gasteiger charge is -2.21. The number of carbonyl (C=O) groups is 4. The van der Waals surface area contributed by atoms with Crippen LogP contribution in [0.25, 0.3) is 0 Å². The first kappa shape index (κ1) is 96.1. The number of ether oxygens (including phenoxy) is 4. The van der Waals surface area contributed by atoms with Crippen molar-refractivity contribution < 1.29 is 80.2 Å². The molecule has 3 N–H and O–H groups in total. The van der Waals surface area contributed by atoms with Gasteiger partial charge in [-0.15, -0.1) is 0 Å². The molecule has 0 aliphatic heterocycles. The van der Waals surface area contributed by atoms with Crippen LogP contribution < -0.4 is 0 Å². The monoisotopic (exact) mass is 1440 g/mol. The molecule has 0 saturated carbocycles. The van der Waals surface area contributed by atoms with E-state index in [-0.39, 0.29) is 25.7 Å². The molecule has 0 saturated heterocycles. The first-order chi connectivity index (χ1) is 47.5. The molecule has 582 valence electrons. The third-order valence-corrected chi connectivity index (χ3v) is 20.4. The number of aliphatic hydroxyl groups is 1. The third kappa shape index (κ3) is 72.4. The Labute approximate surface area is 600 Å². The number of phosphoric acid groups is 2. The van der Waals surface area contributed by atoms with E-state index >= 15 is 0 Å². The molecule has 0 aliphatic rings. The summed E-state index contributed by atoms with van der Waals surface area (Å²) in [4.78, 5) is 72.9. The van der Waals surface area contributed by atoms with Crippen LogP contribution in [0.1, 0.15) is 420 Å². The van der Waals surface area contributed by atoms with Crippen molar-refractivity contribution in [3.05, 3.63) is 0 Å². The van der Waals surface area contributed by atoms with E-state index < -0.39 is 97.5 Å².